The second-order valence-corrected chi connectivity index (χ2v) is 8.62. The predicted molar refractivity (Wildman–Crippen MR) is 111 cm³/mol. The van der Waals surface area contributed by atoms with Gasteiger partial charge in [0.15, 0.2) is 5.58 Å². The number of nitrogens with zero attached hydrogens (tertiary/aromatic N) is 1. The molecule has 0 radical (unpaired) electrons. The van der Waals surface area contributed by atoms with Crippen molar-refractivity contribution in [3.05, 3.63) is 63.1 Å². The van der Waals surface area contributed by atoms with Crippen molar-refractivity contribution in [3.63, 3.8) is 0 Å². The quantitative estimate of drug-likeness (QED) is 0.510. The topological polar surface area (TPSA) is 73.3 Å². The number of aromatic nitrogens is 1. The molecule has 3 aromatic rings. The summed E-state index contributed by atoms with van der Waals surface area (Å²) in [5, 5.41) is 6.04. The first kappa shape index (κ1) is 21.9. The highest BCUT2D eigenvalue weighted by Crippen LogP contribution is 2.43. The van der Waals surface area contributed by atoms with Crippen LogP contribution in [-0.2, 0) is 6.42 Å². The van der Waals surface area contributed by atoms with Gasteiger partial charge in [-0.3, -0.25) is 9.88 Å². The Balaban J connectivity index is 1.66. The number of rotatable bonds is 4. The molecule has 3 N–H and O–H groups in total. The van der Waals surface area contributed by atoms with Crippen LogP contribution >= 0.6 is 0 Å². The van der Waals surface area contributed by atoms with E-state index in [0.717, 1.165) is 17.0 Å². The molecule has 1 saturated heterocycles. The van der Waals surface area contributed by atoms with Crippen molar-refractivity contribution >= 4 is 16.8 Å². The smallest absolute Gasteiger partial charge is 0.408 e. The van der Waals surface area contributed by atoms with E-state index in [2.05, 4.69) is 15.6 Å². The number of halogens is 5. The van der Waals surface area contributed by atoms with Gasteiger partial charge in [0.05, 0.1) is 24.1 Å². The summed E-state index contributed by atoms with van der Waals surface area (Å²) in [6, 6.07) is 3.13. The van der Waals surface area contributed by atoms with Crippen LogP contribution in [0.15, 0.2) is 33.5 Å². The summed E-state index contributed by atoms with van der Waals surface area (Å²) in [5.41, 5.74) is 1.05. The van der Waals surface area contributed by atoms with Gasteiger partial charge in [-0.25, -0.2) is 13.6 Å². The largest absolute Gasteiger partial charge is 0.417 e. The highest BCUT2D eigenvalue weighted by Gasteiger charge is 2.43. The zero-order valence-corrected chi connectivity index (χ0v) is 17.5. The van der Waals surface area contributed by atoms with Crippen LogP contribution in [0, 0.1) is 11.6 Å². The van der Waals surface area contributed by atoms with E-state index >= 15 is 8.78 Å². The van der Waals surface area contributed by atoms with Crippen molar-refractivity contribution in [1.82, 2.24) is 15.2 Å². The number of aromatic amines is 1. The number of alkyl halides is 3. The Bertz CT molecular complexity index is 1240. The fourth-order valence-electron chi connectivity index (χ4n) is 4.73. The Hall–Kier alpha value is -2.92. The number of H-pyrrole nitrogens is 1. The lowest BCUT2D eigenvalue weighted by Gasteiger charge is -2.42. The lowest BCUT2D eigenvalue weighted by molar-refractivity contribution is -0.155. The van der Waals surface area contributed by atoms with Crippen LogP contribution in [0.25, 0.3) is 11.1 Å². The van der Waals surface area contributed by atoms with Gasteiger partial charge in [-0.05, 0) is 37.1 Å². The van der Waals surface area contributed by atoms with E-state index in [-0.39, 0.29) is 29.3 Å². The zero-order valence-electron chi connectivity index (χ0n) is 17.5. The third-order valence-electron chi connectivity index (χ3n) is 6.29. The van der Waals surface area contributed by atoms with Crippen molar-refractivity contribution < 1.29 is 26.4 Å². The minimum Gasteiger partial charge on any atom is -0.408 e. The molecule has 0 amide bonds. The van der Waals surface area contributed by atoms with E-state index in [0.29, 0.717) is 24.2 Å². The number of fused-ring (bicyclic) bond motifs is 3. The van der Waals surface area contributed by atoms with Crippen LogP contribution < -0.4 is 16.4 Å². The molecule has 1 aromatic heterocycles. The maximum Gasteiger partial charge on any atom is 0.417 e. The van der Waals surface area contributed by atoms with E-state index in [9.17, 15) is 18.0 Å². The van der Waals surface area contributed by atoms with Crippen LogP contribution in [0.1, 0.15) is 29.7 Å². The summed E-state index contributed by atoms with van der Waals surface area (Å²) in [5.74, 6) is -2.60. The Morgan fingerprint density at radius 1 is 1.18 bits per heavy atom. The van der Waals surface area contributed by atoms with E-state index in [1.54, 1.807) is 6.92 Å². The molecule has 5 rings (SSSR count). The summed E-state index contributed by atoms with van der Waals surface area (Å²) in [4.78, 5) is 15.3. The number of nitrogens with one attached hydrogen (secondary N) is 3. The Morgan fingerprint density at radius 2 is 1.88 bits per heavy atom. The van der Waals surface area contributed by atoms with Gasteiger partial charge in [-0.15, -0.1) is 0 Å². The van der Waals surface area contributed by atoms with Crippen molar-refractivity contribution in [2.75, 3.05) is 25.0 Å². The normalized spacial score (nSPS) is 21.8. The molecule has 1 fully saturated rings. The van der Waals surface area contributed by atoms with E-state index in [1.165, 1.54) is 12.1 Å². The first-order valence-electron chi connectivity index (χ1n) is 10.5. The average molecular weight is 468 g/mol. The standard InChI is InChI=1S/C22H21F5N4O2/c1-10-4-14-13(2-3-17-20(14)33-21(32)30-17)19(31(10)9-22(25,26)27)18-15(23)5-11(6-16(18)24)29-12-7-28-8-12/h2-3,5-6,10,12,19,28-29H,4,7-9H2,1H3,(H,30,32)/t10-,19+/m1/s1. The molecule has 0 aliphatic carbocycles. The summed E-state index contributed by atoms with van der Waals surface area (Å²) >= 11 is 0. The fourth-order valence-corrected chi connectivity index (χ4v) is 4.73. The van der Waals surface area contributed by atoms with Gasteiger partial charge in [-0.2, -0.15) is 13.2 Å². The zero-order chi connectivity index (χ0) is 23.5. The molecule has 176 valence electrons. The molecular formula is C22H21F5N4O2. The van der Waals surface area contributed by atoms with Crippen LogP contribution in [-0.4, -0.2) is 47.8 Å². The number of hydrogen-bond donors (Lipinski definition) is 3. The van der Waals surface area contributed by atoms with Crippen LogP contribution in [0.2, 0.25) is 0 Å². The molecule has 6 nitrogen and oxygen atoms in total. The summed E-state index contributed by atoms with van der Waals surface area (Å²) in [7, 11) is 0. The van der Waals surface area contributed by atoms with Crippen LogP contribution in [0.4, 0.5) is 27.6 Å². The summed E-state index contributed by atoms with van der Waals surface area (Å²) in [6.07, 6.45) is -4.46. The van der Waals surface area contributed by atoms with Gasteiger partial charge in [0, 0.05) is 35.9 Å². The average Bonchev–Trinajstić information content (AvgIpc) is 3.06. The van der Waals surface area contributed by atoms with Gasteiger partial charge in [0.25, 0.3) is 0 Å². The number of anilines is 1. The van der Waals surface area contributed by atoms with Gasteiger partial charge in [0.2, 0.25) is 0 Å². The summed E-state index contributed by atoms with van der Waals surface area (Å²) in [6.45, 7) is 1.51. The molecule has 0 saturated carbocycles. The SMILES string of the molecule is C[C@@H]1Cc2c(ccc3[nH]c(=O)oc23)[C@@H](c2c(F)cc(NC3CNC3)cc2F)N1CC(F)(F)F. The molecule has 2 atom stereocenters. The molecule has 33 heavy (non-hydrogen) atoms. The molecule has 0 spiro atoms. The second-order valence-electron chi connectivity index (χ2n) is 8.62. The third kappa shape index (κ3) is 3.99. The Labute approximate surface area is 184 Å². The van der Waals surface area contributed by atoms with E-state index in [1.807, 2.05) is 0 Å². The molecule has 0 unspecified atom stereocenters. The van der Waals surface area contributed by atoms with Crippen LogP contribution in [0.5, 0.6) is 0 Å². The number of hydrogen-bond acceptors (Lipinski definition) is 5. The lowest BCUT2D eigenvalue weighted by atomic mass is 9.84. The van der Waals surface area contributed by atoms with Gasteiger partial charge in [-0.1, -0.05) is 6.07 Å². The summed E-state index contributed by atoms with van der Waals surface area (Å²) < 4.78 is 76.3. The van der Waals surface area contributed by atoms with Gasteiger partial charge < -0.3 is 15.1 Å². The first-order valence-corrected chi connectivity index (χ1v) is 10.5. The highest BCUT2D eigenvalue weighted by atomic mass is 19.4. The first-order chi connectivity index (χ1) is 15.6. The minimum atomic E-state index is -4.58. The molecular weight excluding hydrogens is 447 g/mol. The molecule has 2 aliphatic heterocycles. The molecule has 2 aliphatic rings. The molecule has 3 heterocycles. The van der Waals surface area contributed by atoms with Gasteiger partial charge >= 0.3 is 11.9 Å². The molecule has 11 heteroatoms. The predicted octanol–water partition coefficient (Wildman–Crippen LogP) is 3.68. The third-order valence-corrected chi connectivity index (χ3v) is 6.29. The maximum atomic E-state index is 15.3. The van der Waals surface area contributed by atoms with Crippen molar-refractivity contribution in [3.8, 4) is 0 Å². The Morgan fingerprint density at radius 3 is 2.48 bits per heavy atom. The highest BCUT2D eigenvalue weighted by molar-refractivity contribution is 5.78. The number of benzene rings is 2. The van der Waals surface area contributed by atoms with Crippen molar-refractivity contribution in [2.24, 2.45) is 0 Å². The lowest BCUT2D eigenvalue weighted by Crippen LogP contribution is -2.51. The van der Waals surface area contributed by atoms with E-state index in [4.69, 9.17) is 4.42 Å². The fraction of sp³-hybridized carbons (Fsp3) is 0.409. The van der Waals surface area contributed by atoms with Crippen LogP contribution in [0.3, 0.4) is 0 Å². The van der Waals surface area contributed by atoms with Gasteiger partial charge in [0.1, 0.15) is 11.6 Å². The van der Waals surface area contributed by atoms with E-state index < -0.39 is 47.8 Å². The van der Waals surface area contributed by atoms with Crippen molar-refractivity contribution in [1.29, 1.82) is 0 Å². The number of oxazole rings is 1. The maximum absolute atomic E-state index is 15.3. The molecule has 0 bridgehead atoms. The second kappa shape index (κ2) is 7.84. The monoisotopic (exact) mass is 468 g/mol. The Kier molecular flexibility index (Phi) is 5.20. The molecule has 2 aromatic carbocycles. The van der Waals surface area contributed by atoms with Crippen molar-refractivity contribution in [2.45, 2.75) is 37.6 Å². The minimum absolute atomic E-state index is 0.0246.